The number of rotatable bonds is 4. The van der Waals surface area contributed by atoms with Crippen molar-refractivity contribution in [3.05, 3.63) is 122 Å². The Kier molecular flexibility index (Phi) is 7.44. The summed E-state index contributed by atoms with van der Waals surface area (Å²) in [6, 6.07) is 34.8. The predicted octanol–water partition coefficient (Wildman–Crippen LogP) is 8.33. The molecule has 6 aromatic carbocycles. The number of hydrogen-bond donors (Lipinski definition) is 2. The number of nitrogens with zero attached hydrogens (tertiary/aromatic N) is 4. The van der Waals surface area contributed by atoms with E-state index in [0.29, 0.717) is 22.8 Å². The number of aromatic nitrogens is 4. The van der Waals surface area contributed by atoms with Gasteiger partial charge in [-0.2, -0.15) is 0 Å². The van der Waals surface area contributed by atoms with Crippen LogP contribution in [-0.2, 0) is 0 Å². The molecule has 0 spiro atoms. The Morgan fingerprint density at radius 3 is 1.39 bits per heavy atom. The number of aromatic hydroxyl groups is 2. The van der Waals surface area contributed by atoms with E-state index in [1.54, 1.807) is 32.7 Å². The molecule has 0 amide bonds. The summed E-state index contributed by atoms with van der Waals surface area (Å²) < 4.78 is 10.7. The lowest BCUT2D eigenvalue weighted by atomic mass is 10.1. The first-order chi connectivity index (χ1) is 22.5. The van der Waals surface area contributed by atoms with Gasteiger partial charge in [-0.3, -0.25) is 9.97 Å². The highest BCUT2D eigenvalue weighted by Gasteiger charge is 2.10. The molecule has 8 aromatic rings. The van der Waals surface area contributed by atoms with E-state index >= 15 is 0 Å². The van der Waals surface area contributed by atoms with Crippen LogP contribution in [0.1, 0.15) is 0 Å². The Morgan fingerprint density at radius 2 is 0.913 bits per heavy atom. The van der Waals surface area contributed by atoms with Crippen molar-refractivity contribution in [1.82, 2.24) is 19.9 Å². The van der Waals surface area contributed by atoms with Crippen LogP contribution in [0.3, 0.4) is 0 Å². The molecule has 0 saturated heterocycles. The number of phenolic OH excluding ortho intramolecular Hbond substituents is 2. The maximum atomic E-state index is 9.62. The lowest BCUT2D eigenvalue weighted by Gasteiger charge is -2.09. The van der Waals surface area contributed by atoms with E-state index in [1.165, 1.54) is 12.1 Å². The zero-order valence-corrected chi connectivity index (χ0v) is 25.0. The number of benzene rings is 6. The quantitative estimate of drug-likeness (QED) is 0.152. The fourth-order valence-corrected chi connectivity index (χ4v) is 5.35. The Balaban J connectivity index is 0.000000147. The standard InChI is InChI=1S/C20H16N2O2.C18H12N2O2/c1-23-19-8-7-15(11-20(19)24-2)18-12-21-16-9-13-5-3-4-6-14(13)10-17(16)22-18;21-17-6-5-13(9-18(17)22)16-10-19-14-7-11-3-1-2-4-12(11)8-15(14)20-16/h3-12H,1-2H3;1-10,21-22H. The maximum Gasteiger partial charge on any atom is 0.161 e. The van der Waals surface area contributed by atoms with Crippen LogP contribution >= 0.6 is 0 Å². The van der Waals surface area contributed by atoms with E-state index in [4.69, 9.17) is 14.5 Å². The summed E-state index contributed by atoms with van der Waals surface area (Å²) >= 11 is 0. The molecule has 2 heterocycles. The Bertz CT molecular complexity index is 2390. The highest BCUT2D eigenvalue weighted by Crippen LogP contribution is 2.33. The molecule has 2 N–H and O–H groups in total. The molecule has 8 nitrogen and oxygen atoms in total. The van der Waals surface area contributed by atoms with Crippen molar-refractivity contribution in [1.29, 1.82) is 0 Å². The zero-order valence-electron chi connectivity index (χ0n) is 25.0. The van der Waals surface area contributed by atoms with Crippen LogP contribution in [-0.4, -0.2) is 44.4 Å². The summed E-state index contributed by atoms with van der Waals surface area (Å²) in [5, 5.41) is 23.6. The Hall–Kier alpha value is -6.28. The first kappa shape index (κ1) is 28.5. The average molecular weight is 605 g/mol. The number of phenols is 2. The van der Waals surface area contributed by atoms with Crippen LogP contribution in [0.2, 0.25) is 0 Å². The second-order valence-electron chi connectivity index (χ2n) is 10.7. The van der Waals surface area contributed by atoms with E-state index in [2.05, 4.69) is 39.2 Å². The van der Waals surface area contributed by atoms with Gasteiger partial charge in [0.1, 0.15) is 0 Å². The fourth-order valence-electron chi connectivity index (χ4n) is 5.35. The molecule has 0 aliphatic heterocycles. The van der Waals surface area contributed by atoms with Gasteiger partial charge < -0.3 is 19.7 Å². The fraction of sp³-hybridized carbons (Fsp3) is 0.0526. The van der Waals surface area contributed by atoms with Crippen LogP contribution in [0.5, 0.6) is 23.0 Å². The molecule has 224 valence electrons. The summed E-state index contributed by atoms with van der Waals surface area (Å²) in [5.74, 6) is 1.05. The van der Waals surface area contributed by atoms with Gasteiger partial charge in [0.15, 0.2) is 23.0 Å². The van der Waals surface area contributed by atoms with Gasteiger partial charge in [0.2, 0.25) is 0 Å². The predicted molar refractivity (Wildman–Crippen MR) is 181 cm³/mol. The summed E-state index contributed by atoms with van der Waals surface area (Å²) in [5.41, 5.74) is 6.48. The highest BCUT2D eigenvalue weighted by molar-refractivity contribution is 5.96. The topological polar surface area (TPSA) is 110 Å². The van der Waals surface area contributed by atoms with Gasteiger partial charge >= 0.3 is 0 Å². The third-order valence-electron chi connectivity index (χ3n) is 7.77. The zero-order chi connectivity index (χ0) is 31.6. The minimum absolute atomic E-state index is 0.150. The van der Waals surface area contributed by atoms with E-state index in [-0.39, 0.29) is 11.5 Å². The summed E-state index contributed by atoms with van der Waals surface area (Å²) in [6.07, 6.45) is 3.46. The largest absolute Gasteiger partial charge is 0.504 e. The first-order valence-electron chi connectivity index (χ1n) is 14.5. The molecule has 8 heteroatoms. The highest BCUT2D eigenvalue weighted by atomic mass is 16.5. The molecule has 0 fully saturated rings. The minimum atomic E-state index is -0.169. The van der Waals surface area contributed by atoms with E-state index in [1.807, 2.05) is 66.7 Å². The summed E-state index contributed by atoms with van der Waals surface area (Å²) in [7, 11) is 3.25. The van der Waals surface area contributed by atoms with Crippen LogP contribution in [0.15, 0.2) is 122 Å². The molecular weight excluding hydrogens is 576 g/mol. The smallest absolute Gasteiger partial charge is 0.161 e. The molecule has 0 radical (unpaired) electrons. The second-order valence-corrected chi connectivity index (χ2v) is 10.7. The molecule has 0 unspecified atom stereocenters. The molecule has 0 aliphatic carbocycles. The monoisotopic (exact) mass is 604 g/mol. The maximum absolute atomic E-state index is 9.62. The van der Waals surface area contributed by atoms with Crippen molar-refractivity contribution >= 4 is 43.6 Å². The van der Waals surface area contributed by atoms with E-state index in [9.17, 15) is 10.2 Å². The first-order valence-corrected chi connectivity index (χ1v) is 14.5. The Morgan fingerprint density at radius 1 is 0.457 bits per heavy atom. The van der Waals surface area contributed by atoms with Crippen LogP contribution in [0.25, 0.3) is 66.1 Å². The van der Waals surface area contributed by atoms with E-state index < -0.39 is 0 Å². The molecular formula is C38H28N4O4. The van der Waals surface area contributed by atoms with Crippen molar-refractivity contribution in [2.45, 2.75) is 0 Å². The van der Waals surface area contributed by atoms with Gasteiger partial charge in [-0.25, -0.2) is 9.97 Å². The van der Waals surface area contributed by atoms with E-state index in [0.717, 1.165) is 54.9 Å². The van der Waals surface area contributed by atoms with Crippen molar-refractivity contribution in [2.24, 2.45) is 0 Å². The minimum Gasteiger partial charge on any atom is -0.504 e. The van der Waals surface area contributed by atoms with Crippen LogP contribution in [0, 0.1) is 0 Å². The molecule has 0 atom stereocenters. The SMILES string of the molecule is COc1ccc(-c2cnc3cc4ccccc4cc3n2)cc1OC.Oc1ccc(-c2cnc3cc4ccccc4cc3n2)cc1O. The molecule has 2 aromatic heterocycles. The van der Waals surface area contributed by atoms with Crippen LogP contribution < -0.4 is 9.47 Å². The van der Waals surface area contributed by atoms with Gasteiger partial charge in [-0.1, -0.05) is 48.5 Å². The molecule has 8 rings (SSSR count). The molecule has 46 heavy (non-hydrogen) atoms. The van der Waals surface area contributed by atoms with Gasteiger partial charge in [-0.05, 0) is 82.2 Å². The number of ether oxygens (including phenoxy) is 2. The second kappa shape index (κ2) is 12.0. The van der Waals surface area contributed by atoms with Crippen molar-refractivity contribution in [3.8, 4) is 45.5 Å². The molecule has 0 saturated carbocycles. The lowest BCUT2D eigenvalue weighted by Crippen LogP contribution is -1.93. The van der Waals surface area contributed by atoms with Crippen molar-refractivity contribution < 1.29 is 19.7 Å². The van der Waals surface area contributed by atoms with Gasteiger partial charge in [0.25, 0.3) is 0 Å². The van der Waals surface area contributed by atoms with Gasteiger partial charge in [0, 0.05) is 11.1 Å². The van der Waals surface area contributed by atoms with Gasteiger partial charge in [0.05, 0.1) is 60.1 Å². The average Bonchev–Trinajstić information content (AvgIpc) is 3.10. The summed E-state index contributed by atoms with van der Waals surface area (Å²) in [6.45, 7) is 0. The number of fused-ring (bicyclic) bond motifs is 4. The Labute approximate surface area is 264 Å². The number of hydrogen-bond acceptors (Lipinski definition) is 8. The molecule has 0 aliphatic rings. The lowest BCUT2D eigenvalue weighted by molar-refractivity contribution is 0.355. The van der Waals surface area contributed by atoms with Crippen LogP contribution in [0.4, 0.5) is 0 Å². The number of methoxy groups -OCH3 is 2. The van der Waals surface area contributed by atoms with Crippen molar-refractivity contribution in [2.75, 3.05) is 14.2 Å². The van der Waals surface area contributed by atoms with Crippen molar-refractivity contribution in [3.63, 3.8) is 0 Å². The van der Waals surface area contributed by atoms with Gasteiger partial charge in [-0.15, -0.1) is 0 Å². The normalized spacial score (nSPS) is 11.0. The molecule has 0 bridgehead atoms. The summed E-state index contributed by atoms with van der Waals surface area (Å²) in [4.78, 5) is 18.4. The third kappa shape index (κ3) is 5.55. The third-order valence-corrected chi connectivity index (χ3v) is 7.77.